The summed E-state index contributed by atoms with van der Waals surface area (Å²) in [5.74, 6) is -3.65. The van der Waals surface area contributed by atoms with Gasteiger partial charge >= 0.3 is 5.97 Å². The maximum absolute atomic E-state index is 13.8. The van der Waals surface area contributed by atoms with E-state index in [0.29, 0.717) is 12.0 Å². The number of aromatic hydroxyl groups is 1. The first-order chi connectivity index (χ1) is 21.3. The summed E-state index contributed by atoms with van der Waals surface area (Å²) in [6, 6.07) is 9.04. The molecule has 14 nitrogen and oxygen atoms in total. The number of nitrogens with two attached hydrogens (primary N) is 3. The number of aromatic amines is 1. The molecular formula is C31H42N8O6. The molecule has 14 heteroatoms. The van der Waals surface area contributed by atoms with Crippen molar-refractivity contribution in [3.8, 4) is 5.75 Å². The van der Waals surface area contributed by atoms with Gasteiger partial charge in [0, 0.05) is 36.5 Å². The highest BCUT2D eigenvalue weighted by molar-refractivity contribution is 5.95. The highest BCUT2D eigenvalue weighted by Gasteiger charge is 2.32. The molecule has 0 saturated heterocycles. The lowest BCUT2D eigenvalue weighted by Gasteiger charge is -2.26. The summed E-state index contributed by atoms with van der Waals surface area (Å²) >= 11 is 0. The van der Waals surface area contributed by atoms with Crippen molar-refractivity contribution in [1.82, 2.24) is 20.9 Å². The topological polar surface area (TPSA) is 251 Å². The molecule has 3 aromatic rings. The highest BCUT2D eigenvalue weighted by Crippen LogP contribution is 2.20. The minimum Gasteiger partial charge on any atom is -0.508 e. The molecule has 0 spiro atoms. The Bertz CT molecular complexity index is 1500. The van der Waals surface area contributed by atoms with Gasteiger partial charge in [-0.25, -0.2) is 4.79 Å². The number of aromatic nitrogens is 1. The van der Waals surface area contributed by atoms with E-state index in [0.717, 1.165) is 16.5 Å². The fourth-order valence-corrected chi connectivity index (χ4v) is 4.78. The molecule has 3 rings (SSSR count). The SMILES string of the molecule is CC(C)C(NC(=O)C(Cc1c[nH]c2ccccc12)NC(=O)C(Cc1ccc(O)cc1)NC(=O)C(N)CCCN=C(N)N)C(=O)O. The van der Waals surface area contributed by atoms with Crippen LogP contribution in [0.3, 0.4) is 0 Å². The van der Waals surface area contributed by atoms with Crippen molar-refractivity contribution in [2.24, 2.45) is 28.1 Å². The minimum atomic E-state index is -1.21. The van der Waals surface area contributed by atoms with Gasteiger partial charge in [0.05, 0.1) is 6.04 Å². The molecule has 1 heterocycles. The summed E-state index contributed by atoms with van der Waals surface area (Å²) < 4.78 is 0. The van der Waals surface area contributed by atoms with E-state index in [2.05, 4.69) is 25.9 Å². The maximum atomic E-state index is 13.8. The maximum Gasteiger partial charge on any atom is 0.326 e. The average Bonchev–Trinajstić information content (AvgIpc) is 3.40. The summed E-state index contributed by atoms with van der Waals surface area (Å²) in [4.78, 5) is 59.3. The molecule has 0 fully saturated rings. The standard InChI is InChI=1S/C31H42N8O6/c1-17(2)26(30(44)45)39-29(43)25(15-19-16-36-23-8-4-3-6-21(19)23)38-28(42)24(14-18-9-11-20(40)12-10-18)37-27(41)22(32)7-5-13-35-31(33)34/h3-4,6,8-12,16-17,22,24-26,36,40H,5,7,13-15,32H2,1-2H3,(H,37,41)(H,38,42)(H,39,43)(H,44,45)(H4,33,34,35). The summed E-state index contributed by atoms with van der Waals surface area (Å²) in [5, 5.41) is 28.2. The number of carbonyl (C=O) groups is 4. The van der Waals surface area contributed by atoms with Crippen molar-refractivity contribution < 1.29 is 29.4 Å². The number of hydrogen-bond acceptors (Lipinski definition) is 7. The Morgan fingerprint density at radius 2 is 1.51 bits per heavy atom. The number of carbonyl (C=O) groups excluding carboxylic acids is 3. The van der Waals surface area contributed by atoms with Crippen LogP contribution in [0.2, 0.25) is 0 Å². The number of phenols is 1. The van der Waals surface area contributed by atoms with E-state index in [-0.39, 0.29) is 37.5 Å². The number of nitrogens with one attached hydrogen (secondary N) is 4. The molecule has 0 bridgehead atoms. The fraction of sp³-hybridized carbons (Fsp3) is 0.387. The number of H-pyrrole nitrogens is 1. The van der Waals surface area contributed by atoms with Gasteiger partial charge in [-0.3, -0.25) is 19.4 Å². The number of phenolic OH excluding ortho intramolecular Hbond substituents is 1. The van der Waals surface area contributed by atoms with Gasteiger partial charge < -0.3 is 48.3 Å². The van der Waals surface area contributed by atoms with E-state index < -0.39 is 53.8 Å². The molecular weight excluding hydrogens is 580 g/mol. The van der Waals surface area contributed by atoms with Crippen LogP contribution in [0.4, 0.5) is 0 Å². The second-order valence-electron chi connectivity index (χ2n) is 11.2. The van der Waals surface area contributed by atoms with E-state index in [4.69, 9.17) is 17.2 Å². The molecule has 3 amide bonds. The van der Waals surface area contributed by atoms with Crippen LogP contribution in [0, 0.1) is 5.92 Å². The van der Waals surface area contributed by atoms with Gasteiger partial charge in [-0.05, 0) is 48.1 Å². The largest absolute Gasteiger partial charge is 0.508 e. The van der Waals surface area contributed by atoms with Gasteiger partial charge in [-0.2, -0.15) is 0 Å². The predicted molar refractivity (Wildman–Crippen MR) is 170 cm³/mol. The molecule has 45 heavy (non-hydrogen) atoms. The highest BCUT2D eigenvalue weighted by atomic mass is 16.4. The molecule has 12 N–H and O–H groups in total. The third-order valence-electron chi connectivity index (χ3n) is 7.28. The zero-order chi connectivity index (χ0) is 33.1. The lowest BCUT2D eigenvalue weighted by atomic mass is 10.00. The van der Waals surface area contributed by atoms with Crippen LogP contribution in [-0.2, 0) is 32.0 Å². The van der Waals surface area contributed by atoms with Crippen LogP contribution in [0.15, 0.2) is 59.7 Å². The summed E-state index contributed by atoms with van der Waals surface area (Å²) in [7, 11) is 0. The van der Waals surface area contributed by atoms with Crippen LogP contribution in [0.25, 0.3) is 10.9 Å². The number of aliphatic imine (C=N–C) groups is 1. The Kier molecular flexibility index (Phi) is 12.3. The average molecular weight is 623 g/mol. The van der Waals surface area contributed by atoms with Crippen LogP contribution >= 0.6 is 0 Å². The number of carboxylic acid groups (broad SMARTS) is 1. The van der Waals surface area contributed by atoms with E-state index in [1.807, 2.05) is 24.3 Å². The quantitative estimate of drug-likeness (QED) is 0.0601. The number of rotatable bonds is 16. The van der Waals surface area contributed by atoms with Crippen molar-refractivity contribution in [2.75, 3.05) is 6.54 Å². The van der Waals surface area contributed by atoms with E-state index in [9.17, 15) is 29.4 Å². The Labute approximate surface area is 260 Å². The third-order valence-corrected chi connectivity index (χ3v) is 7.28. The molecule has 4 unspecified atom stereocenters. The van der Waals surface area contributed by atoms with Gasteiger partial charge in [0.2, 0.25) is 17.7 Å². The number of guanidine groups is 1. The second-order valence-corrected chi connectivity index (χ2v) is 11.2. The molecule has 0 aliphatic rings. The fourth-order valence-electron chi connectivity index (χ4n) is 4.78. The van der Waals surface area contributed by atoms with Crippen LogP contribution < -0.4 is 33.2 Å². The van der Waals surface area contributed by atoms with Crippen molar-refractivity contribution in [2.45, 2.75) is 63.7 Å². The Morgan fingerprint density at radius 1 is 0.889 bits per heavy atom. The first-order valence-corrected chi connectivity index (χ1v) is 14.6. The molecule has 0 saturated carbocycles. The normalized spacial score (nSPS) is 13.8. The van der Waals surface area contributed by atoms with E-state index in [1.165, 1.54) is 12.1 Å². The molecule has 1 aromatic heterocycles. The number of benzene rings is 2. The lowest BCUT2D eigenvalue weighted by Crippen LogP contribution is -2.58. The van der Waals surface area contributed by atoms with Crippen molar-refractivity contribution in [3.05, 3.63) is 65.9 Å². The zero-order valence-electron chi connectivity index (χ0n) is 25.3. The predicted octanol–water partition coefficient (Wildman–Crippen LogP) is 0.235. The Hall–Kier alpha value is -5.11. The Morgan fingerprint density at radius 3 is 2.16 bits per heavy atom. The Balaban J connectivity index is 1.87. The van der Waals surface area contributed by atoms with Crippen LogP contribution in [0.5, 0.6) is 5.75 Å². The molecule has 242 valence electrons. The van der Waals surface area contributed by atoms with Gasteiger partial charge in [-0.15, -0.1) is 0 Å². The summed E-state index contributed by atoms with van der Waals surface area (Å²) in [6.07, 6.45) is 2.45. The summed E-state index contributed by atoms with van der Waals surface area (Å²) in [6.45, 7) is 3.60. The number of carboxylic acids is 1. The number of nitrogens with zero attached hydrogens (tertiary/aromatic N) is 1. The minimum absolute atomic E-state index is 0.0176. The van der Waals surface area contributed by atoms with Gasteiger partial charge in [-0.1, -0.05) is 44.2 Å². The monoisotopic (exact) mass is 622 g/mol. The van der Waals surface area contributed by atoms with Crippen LogP contribution in [-0.4, -0.2) is 75.6 Å². The van der Waals surface area contributed by atoms with Gasteiger partial charge in [0.1, 0.15) is 23.9 Å². The second kappa shape index (κ2) is 16.1. The van der Waals surface area contributed by atoms with E-state index >= 15 is 0 Å². The number of hydrogen-bond donors (Lipinski definition) is 9. The van der Waals surface area contributed by atoms with Crippen LogP contribution in [0.1, 0.15) is 37.8 Å². The first kappa shape index (κ1) is 34.4. The number of amides is 3. The van der Waals surface area contributed by atoms with Crippen molar-refractivity contribution in [3.63, 3.8) is 0 Å². The molecule has 2 aromatic carbocycles. The molecule has 4 atom stereocenters. The van der Waals surface area contributed by atoms with Gasteiger partial charge in [0.15, 0.2) is 5.96 Å². The smallest absolute Gasteiger partial charge is 0.326 e. The third kappa shape index (κ3) is 10.2. The molecule has 0 radical (unpaired) electrons. The zero-order valence-corrected chi connectivity index (χ0v) is 25.3. The summed E-state index contributed by atoms with van der Waals surface area (Å²) in [5.41, 5.74) is 18.9. The number of aliphatic carboxylic acids is 1. The molecule has 0 aliphatic heterocycles. The molecule has 0 aliphatic carbocycles. The van der Waals surface area contributed by atoms with Crippen molar-refractivity contribution in [1.29, 1.82) is 0 Å². The van der Waals surface area contributed by atoms with E-state index in [1.54, 1.807) is 32.2 Å². The number of para-hydroxylation sites is 1. The van der Waals surface area contributed by atoms with Crippen molar-refractivity contribution >= 4 is 40.6 Å². The van der Waals surface area contributed by atoms with Gasteiger partial charge in [0.25, 0.3) is 0 Å². The lowest BCUT2D eigenvalue weighted by molar-refractivity contribution is -0.143. The first-order valence-electron chi connectivity index (χ1n) is 14.6. The number of fused-ring (bicyclic) bond motifs is 1.